The van der Waals surface area contributed by atoms with Gasteiger partial charge in [0.25, 0.3) is 5.91 Å². The normalized spacial score (nSPS) is 25.8. The van der Waals surface area contributed by atoms with E-state index >= 15 is 0 Å². The molecule has 2 fully saturated rings. The Labute approximate surface area is 151 Å². The third-order valence-electron chi connectivity index (χ3n) is 5.51. The number of hydrogen-bond acceptors (Lipinski definition) is 3. The molecule has 0 spiro atoms. The van der Waals surface area contributed by atoms with Gasteiger partial charge in [0.15, 0.2) is 0 Å². The van der Waals surface area contributed by atoms with E-state index in [-0.39, 0.29) is 22.9 Å². The maximum absolute atomic E-state index is 12.9. The first-order chi connectivity index (χ1) is 11.9. The monoisotopic (exact) mass is 364 g/mol. The van der Waals surface area contributed by atoms with Crippen LogP contribution in [0.5, 0.6) is 0 Å². The number of carbonyl (C=O) groups excluding carboxylic acids is 1. The predicted octanol–water partition coefficient (Wildman–Crippen LogP) is 3.26. The molecule has 1 amide bonds. The summed E-state index contributed by atoms with van der Waals surface area (Å²) in [6.45, 7) is 5.40. The van der Waals surface area contributed by atoms with Crippen molar-refractivity contribution in [3.63, 3.8) is 0 Å². The summed E-state index contributed by atoms with van der Waals surface area (Å²) in [6, 6.07) is 6.76. The minimum Gasteiger partial charge on any atom is -0.336 e. The molecule has 0 aliphatic carbocycles. The third-order valence-corrected chi connectivity index (χ3v) is 7.54. The highest BCUT2D eigenvalue weighted by Gasteiger charge is 2.31. The fourth-order valence-corrected chi connectivity index (χ4v) is 5.60. The van der Waals surface area contributed by atoms with E-state index in [0.717, 1.165) is 45.1 Å². The molecule has 25 heavy (non-hydrogen) atoms. The van der Waals surface area contributed by atoms with E-state index in [1.807, 2.05) is 11.8 Å². The van der Waals surface area contributed by atoms with Gasteiger partial charge in [0.05, 0.1) is 4.90 Å². The van der Waals surface area contributed by atoms with Crippen molar-refractivity contribution in [2.75, 3.05) is 13.1 Å². The van der Waals surface area contributed by atoms with E-state index in [2.05, 4.69) is 6.92 Å². The second-order valence-electron chi connectivity index (χ2n) is 7.33. The van der Waals surface area contributed by atoms with Gasteiger partial charge in [-0.15, -0.1) is 0 Å². The lowest BCUT2D eigenvalue weighted by Crippen LogP contribution is -2.42. The van der Waals surface area contributed by atoms with Crippen LogP contribution in [0.2, 0.25) is 0 Å². The highest BCUT2D eigenvalue weighted by atomic mass is 32.2. The Morgan fingerprint density at radius 2 is 1.52 bits per heavy atom. The van der Waals surface area contributed by atoms with Gasteiger partial charge in [-0.1, -0.05) is 6.42 Å². The maximum Gasteiger partial charge on any atom is 0.254 e. The lowest BCUT2D eigenvalue weighted by Gasteiger charge is -2.33. The molecule has 0 bridgehead atoms. The Morgan fingerprint density at radius 1 is 0.920 bits per heavy atom. The molecule has 2 atom stereocenters. The minimum atomic E-state index is -3.48. The largest absolute Gasteiger partial charge is 0.336 e. The van der Waals surface area contributed by atoms with Crippen LogP contribution < -0.4 is 0 Å². The summed E-state index contributed by atoms with van der Waals surface area (Å²) in [5.74, 6) is 0.00230. The highest BCUT2D eigenvalue weighted by molar-refractivity contribution is 7.89. The molecule has 5 nitrogen and oxygen atoms in total. The van der Waals surface area contributed by atoms with Crippen molar-refractivity contribution < 1.29 is 13.2 Å². The molecule has 1 aromatic carbocycles. The molecule has 0 N–H and O–H groups in total. The average Bonchev–Trinajstić information content (AvgIpc) is 2.62. The van der Waals surface area contributed by atoms with Crippen molar-refractivity contribution in [2.45, 2.75) is 69.4 Å². The molecular formula is C19H28N2O3S. The Bertz CT molecular complexity index is 715. The van der Waals surface area contributed by atoms with E-state index in [1.54, 1.807) is 28.6 Å². The summed E-state index contributed by atoms with van der Waals surface area (Å²) in [5, 5.41) is 0. The number of carbonyl (C=O) groups is 1. The molecule has 138 valence electrons. The number of rotatable bonds is 3. The first kappa shape index (κ1) is 18.4. The Kier molecular flexibility index (Phi) is 5.49. The molecule has 2 heterocycles. The van der Waals surface area contributed by atoms with Crippen molar-refractivity contribution in [1.82, 2.24) is 9.21 Å². The zero-order valence-corrected chi connectivity index (χ0v) is 16.0. The minimum absolute atomic E-state index is 0.00230. The molecule has 0 radical (unpaired) electrons. The summed E-state index contributed by atoms with van der Waals surface area (Å²) >= 11 is 0. The summed E-state index contributed by atoms with van der Waals surface area (Å²) in [5.41, 5.74) is 0.569. The standard InChI is InChI=1S/C19H28N2O3S/c1-15-7-3-5-13-20(15)19(22)17-9-11-18(12-10-17)25(23,24)21-14-6-4-8-16(21)2/h9-12,15-16H,3-8,13-14H2,1-2H3/t15-,16+/m0/s1. The number of hydrogen-bond donors (Lipinski definition) is 0. The van der Waals surface area contributed by atoms with E-state index in [9.17, 15) is 13.2 Å². The van der Waals surface area contributed by atoms with Crippen LogP contribution >= 0.6 is 0 Å². The lowest BCUT2D eigenvalue weighted by molar-refractivity contribution is 0.0635. The molecule has 6 heteroatoms. The number of benzene rings is 1. The Hall–Kier alpha value is -1.40. The zero-order chi connectivity index (χ0) is 18.0. The van der Waals surface area contributed by atoms with Gasteiger partial charge in [0, 0.05) is 30.7 Å². The molecule has 0 saturated carbocycles. The molecule has 0 aromatic heterocycles. The van der Waals surface area contributed by atoms with Gasteiger partial charge in [-0.05, 0) is 70.2 Å². The molecule has 1 aromatic rings. The lowest BCUT2D eigenvalue weighted by atomic mass is 10.0. The molecular weight excluding hydrogens is 336 g/mol. The maximum atomic E-state index is 12.9. The number of nitrogens with zero attached hydrogens (tertiary/aromatic N) is 2. The van der Waals surface area contributed by atoms with Crippen LogP contribution in [-0.2, 0) is 10.0 Å². The second kappa shape index (κ2) is 7.46. The Morgan fingerprint density at radius 3 is 2.12 bits per heavy atom. The number of likely N-dealkylation sites (tertiary alicyclic amines) is 1. The summed E-state index contributed by atoms with van der Waals surface area (Å²) < 4.78 is 27.3. The van der Waals surface area contributed by atoms with Crippen LogP contribution in [0.25, 0.3) is 0 Å². The van der Waals surface area contributed by atoms with Gasteiger partial charge in [-0.2, -0.15) is 4.31 Å². The molecule has 2 aliphatic heterocycles. The van der Waals surface area contributed by atoms with Crippen LogP contribution in [0.4, 0.5) is 0 Å². The van der Waals surface area contributed by atoms with Crippen molar-refractivity contribution in [2.24, 2.45) is 0 Å². The number of sulfonamides is 1. The van der Waals surface area contributed by atoms with E-state index in [0.29, 0.717) is 12.1 Å². The van der Waals surface area contributed by atoms with Gasteiger partial charge < -0.3 is 4.90 Å². The average molecular weight is 365 g/mol. The van der Waals surface area contributed by atoms with Gasteiger partial charge in [0.1, 0.15) is 0 Å². The number of piperidine rings is 2. The van der Waals surface area contributed by atoms with Crippen molar-refractivity contribution in [3.05, 3.63) is 29.8 Å². The fourth-order valence-electron chi connectivity index (χ4n) is 3.90. The molecule has 3 rings (SSSR count). The van der Waals surface area contributed by atoms with Crippen LogP contribution in [-0.4, -0.2) is 48.7 Å². The van der Waals surface area contributed by atoms with Crippen LogP contribution in [0.15, 0.2) is 29.2 Å². The topological polar surface area (TPSA) is 57.7 Å². The first-order valence-electron chi connectivity index (χ1n) is 9.34. The van der Waals surface area contributed by atoms with Gasteiger partial charge in [-0.3, -0.25) is 4.79 Å². The van der Waals surface area contributed by atoms with E-state index in [1.165, 1.54) is 0 Å². The summed E-state index contributed by atoms with van der Waals surface area (Å²) in [4.78, 5) is 14.9. The molecule has 2 saturated heterocycles. The molecule has 0 unspecified atom stereocenters. The van der Waals surface area contributed by atoms with Crippen molar-refractivity contribution in [1.29, 1.82) is 0 Å². The fraction of sp³-hybridized carbons (Fsp3) is 0.632. The summed E-state index contributed by atoms with van der Waals surface area (Å²) in [6.07, 6.45) is 6.13. The van der Waals surface area contributed by atoms with Crippen LogP contribution in [0.3, 0.4) is 0 Å². The van der Waals surface area contributed by atoms with Gasteiger partial charge in [0.2, 0.25) is 10.0 Å². The van der Waals surface area contributed by atoms with E-state index < -0.39 is 10.0 Å². The quantitative estimate of drug-likeness (QED) is 0.827. The summed E-state index contributed by atoms with van der Waals surface area (Å²) in [7, 11) is -3.48. The molecule has 2 aliphatic rings. The SMILES string of the molecule is C[C@@H]1CCCCN1S(=O)(=O)c1ccc(C(=O)N2CCCC[C@@H]2C)cc1. The smallest absolute Gasteiger partial charge is 0.254 e. The number of amides is 1. The third kappa shape index (κ3) is 3.75. The highest BCUT2D eigenvalue weighted by Crippen LogP contribution is 2.26. The Balaban J connectivity index is 1.78. The second-order valence-corrected chi connectivity index (χ2v) is 9.22. The van der Waals surface area contributed by atoms with Crippen LogP contribution in [0, 0.1) is 0 Å². The zero-order valence-electron chi connectivity index (χ0n) is 15.1. The van der Waals surface area contributed by atoms with E-state index in [4.69, 9.17) is 0 Å². The van der Waals surface area contributed by atoms with Gasteiger partial charge >= 0.3 is 0 Å². The predicted molar refractivity (Wildman–Crippen MR) is 98.0 cm³/mol. The van der Waals surface area contributed by atoms with Crippen molar-refractivity contribution in [3.8, 4) is 0 Å². The first-order valence-corrected chi connectivity index (χ1v) is 10.8. The van der Waals surface area contributed by atoms with Crippen molar-refractivity contribution >= 4 is 15.9 Å². The van der Waals surface area contributed by atoms with Crippen LogP contribution in [0.1, 0.15) is 62.7 Å². The van der Waals surface area contributed by atoms with Gasteiger partial charge in [-0.25, -0.2) is 8.42 Å².